The third kappa shape index (κ3) is 4.69. The third-order valence-corrected chi connectivity index (χ3v) is 5.98. The van der Waals surface area contributed by atoms with E-state index in [2.05, 4.69) is 9.80 Å². The Morgan fingerprint density at radius 1 is 1.00 bits per heavy atom. The summed E-state index contributed by atoms with van der Waals surface area (Å²) in [6.45, 7) is 7.08. The van der Waals surface area contributed by atoms with Crippen molar-refractivity contribution in [2.24, 2.45) is 0 Å². The highest BCUT2D eigenvalue weighted by Gasteiger charge is 2.17. The predicted molar refractivity (Wildman–Crippen MR) is 118 cm³/mol. The lowest BCUT2D eigenvalue weighted by Gasteiger charge is -2.36. The molecule has 0 saturated carbocycles. The molecule has 5 nitrogen and oxygen atoms in total. The molecule has 1 aliphatic heterocycles. The van der Waals surface area contributed by atoms with Crippen molar-refractivity contribution in [2.45, 2.75) is 6.92 Å². The lowest BCUT2D eigenvalue weighted by Crippen LogP contribution is -2.47. The van der Waals surface area contributed by atoms with Gasteiger partial charge in [-0.3, -0.25) is 4.90 Å². The number of anilines is 1. The number of halogens is 2. The van der Waals surface area contributed by atoms with Crippen molar-refractivity contribution >= 4 is 39.9 Å². The van der Waals surface area contributed by atoms with Crippen LogP contribution in [-0.4, -0.2) is 44.2 Å². The fraction of sp³-hybridized carbons (Fsp3) is 0.318. The lowest BCUT2D eigenvalue weighted by molar-refractivity contribution is 0.200. The molecule has 0 bridgehead atoms. The van der Waals surface area contributed by atoms with E-state index in [4.69, 9.17) is 32.4 Å². The summed E-state index contributed by atoms with van der Waals surface area (Å²) in [4.78, 5) is 16.3. The largest absolute Gasteiger partial charge is 0.492 e. The fourth-order valence-electron chi connectivity index (χ4n) is 3.60. The quantitative estimate of drug-likeness (QED) is 0.550. The number of fused-ring (bicyclic) bond motifs is 1. The molecule has 4 rings (SSSR count). The summed E-state index contributed by atoms with van der Waals surface area (Å²) in [7, 11) is 0. The number of rotatable bonds is 5. The zero-order chi connectivity index (χ0) is 20.4. The molecule has 3 aromatic rings. The maximum atomic E-state index is 11.6. The number of piperazine rings is 1. The van der Waals surface area contributed by atoms with Crippen molar-refractivity contribution in [2.75, 3.05) is 44.2 Å². The van der Waals surface area contributed by atoms with Crippen molar-refractivity contribution in [1.82, 2.24) is 4.90 Å². The highest BCUT2D eigenvalue weighted by atomic mass is 35.5. The van der Waals surface area contributed by atoms with E-state index < -0.39 is 0 Å². The molecule has 2 heterocycles. The Morgan fingerprint density at radius 2 is 1.79 bits per heavy atom. The molecule has 0 amide bonds. The number of nitrogens with zero attached hydrogens (tertiary/aromatic N) is 2. The minimum atomic E-state index is -0.341. The van der Waals surface area contributed by atoms with Crippen LogP contribution in [0.3, 0.4) is 0 Å². The topological polar surface area (TPSA) is 45.9 Å². The number of hydrogen-bond donors (Lipinski definition) is 0. The number of benzene rings is 2. The Balaban J connectivity index is 1.29. The molecule has 1 aliphatic rings. The first-order valence-corrected chi connectivity index (χ1v) is 10.3. The maximum absolute atomic E-state index is 11.6. The van der Waals surface area contributed by atoms with Gasteiger partial charge in [-0.05, 0) is 42.8 Å². The van der Waals surface area contributed by atoms with Crippen LogP contribution in [-0.2, 0) is 0 Å². The second-order valence-corrected chi connectivity index (χ2v) is 8.00. The van der Waals surface area contributed by atoms with E-state index in [-0.39, 0.29) is 5.63 Å². The molecule has 1 aromatic heterocycles. The minimum Gasteiger partial charge on any atom is -0.492 e. The van der Waals surface area contributed by atoms with E-state index >= 15 is 0 Å². The van der Waals surface area contributed by atoms with E-state index in [9.17, 15) is 4.79 Å². The number of aryl methyl sites for hydroxylation is 1. The molecule has 152 valence electrons. The van der Waals surface area contributed by atoms with E-state index in [0.717, 1.165) is 49.4 Å². The molecule has 7 heteroatoms. The van der Waals surface area contributed by atoms with Crippen LogP contribution in [0.5, 0.6) is 5.75 Å². The Bertz CT molecular complexity index is 1080. The van der Waals surface area contributed by atoms with Crippen LogP contribution in [0.25, 0.3) is 11.0 Å². The summed E-state index contributed by atoms with van der Waals surface area (Å²) in [6.07, 6.45) is 0. The SMILES string of the molecule is Cc1cc(=O)oc2cc(OCCN3CCN(c4ccc(Cl)c(Cl)c4)CC3)ccc12. The Kier molecular flexibility index (Phi) is 5.99. The molecule has 0 atom stereocenters. The van der Waals surface area contributed by atoms with Gasteiger partial charge in [0, 0.05) is 55.9 Å². The fourth-order valence-corrected chi connectivity index (χ4v) is 3.89. The van der Waals surface area contributed by atoms with E-state index in [1.54, 1.807) is 6.07 Å². The van der Waals surface area contributed by atoms with Crippen molar-refractivity contribution in [3.8, 4) is 5.75 Å². The predicted octanol–water partition coefficient (Wildman–Crippen LogP) is 4.61. The summed E-state index contributed by atoms with van der Waals surface area (Å²) < 4.78 is 11.2. The molecule has 1 fully saturated rings. The van der Waals surface area contributed by atoms with Gasteiger partial charge in [-0.15, -0.1) is 0 Å². The molecule has 2 aromatic carbocycles. The van der Waals surface area contributed by atoms with Crippen molar-refractivity contribution in [3.05, 3.63) is 68.5 Å². The molecule has 0 spiro atoms. The average molecular weight is 433 g/mol. The van der Waals surface area contributed by atoms with Crippen molar-refractivity contribution in [3.63, 3.8) is 0 Å². The van der Waals surface area contributed by atoms with Crippen LogP contribution in [0.2, 0.25) is 10.0 Å². The smallest absolute Gasteiger partial charge is 0.336 e. The standard InChI is InChI=1S/C22H22Cl2N2O3/c1-15-12-22(27)29-21-14-17(3-4-18(15)21)28-11-10-25-6-8-26(9-7-25)16-2-5-19(23)20(24)13-16/h2-5,12-14H,6-11H2,1H3. The van der Waals surface area contributed by atoms with Gasteiger partial charge in [-0.1, -0.05) is 23.2 Å². The molecule has 0 radical (unpaired) electrons. The van der Waals surface area contributed by atoms with Gasteiger partial charge in [-0.25, -0.2) is 4.79 Å². The molecular weight excluding hydrogens is 411 g/mol. The van der Waals surface area contributed by atoms with Crippen LogP contribution in [0.15, 0.2) is 51.7 Å². The summed E-state index contributed by atoms with van der Waals surface area (Å²) in [5, 5.41) is 2.09. The van der Waals surface area contributed by atoms with Crippen molar-refractivity contribution < 1.29 is 9.15 Å². The minimum absolute atomic E-state index is 0.341. The van der Waals surface area contributed by atoms with E-state index in [1.807, 2.05) is 37.3 Å². The first kappa shape index (κ1) is 20.1. The molecule has 0 aliphatic carbocycles. The Morgan fingerprint density at radius 3 is 2.55 bits per heavy atom. The zero-order valence-corrected chi connectivity index (χ0v) is 17.7. The second-order valence-electron chi connectivity index (χ2n) is 7.18. The summed E-state index contributed by atoms with van der Waals surface area (Å²) >= 11 is 12.1. The number of ether oxygens (including phenoxy) is 1. The highest BCUT2D eigenvalue weighted by molar-refractivity contribution is 6.42. The first-order chi connectivity index (χ1) is 14.0. The molecule has 29 heavy (non-hydrogen) atoms. The van der Waals surface area contributed by atoms with Gasteiger partial charge in [-0.2, -0.15) is 0 Å². The van der Waals surface area contributed by atoms with E-state index in [1.165, 1.54) is 6.07 Å². The van der Waals surface area contributed by atoms with Gasteiger partial charge in [0.2, 0.25) is 0 Å². The summed E-state index contributed by atoms with van der Waals surface area (Å²) in [5.41, 5.74) is 2.22. The normalized spacial score (nSPS) is 15.1. The Hall–Kier alpha value is -2.21. The van der Waals surface area contributed by atoms with Crippen LogP contribution >= 0.6 is 23.2 Å². The monoisotopic (exact) mass is 432 g/mol. The van der Waals surface area contributed by atoms with Gasteiger partial charge in [0.1, 0.15) is 17.9 Å². The van der Waals surface area contributed by atoms with Crippen LogP contribution < -0.4 is 15.3 Å². The van der Waals surface area contributed by atoms with Crippen LogP contribution in [0.1, 0.15) is 5.56 Å². The van der Waals surface area contributed by atoms with Crippen LogP contribution in [0, 0.1) is 6.92 Å². The van der Waals surface area contributed by atoms with Gasteiger partial charge in [0.25, 0.3) is 0 Å². The van der Waals surface area contributed by atoms with Gasteiger partial charge in [0.15, 0.2) is 0 Å². The average Bonchev–Trinajstić information content (AvgIpc) is 2.70. The van der Waals surface area contributed by atoms with E-state index in [0.29, 0.717) is 28.0 Å². The van der Waals surface area contributed by atoms with Gasteiger partial charge < -0.3 is 14.1 Å². The first-order valence-electron chi connectivity index (χ1n) is 9.59. The second kappa shape index (κ2) is 8.66. The molecule has 0 unspecified atom stereocenters. The molecular formula is C22H22Cl2N2O3. The third-order valence-electron chi connectivity index (χ3n) is 5.24. The van der Waals surface area contributed by atoms with Gasteiger partial charge in [0.05, 0.1) is 10.0 Å². The van der Waals surface area contributed by atoms with Gasteiger partial charge >= 0.3 is 5.63 Å². The molecule has 1 saturated heterocycles. The zero-order valence-electron chi connectivity index (χ0n) is 16.2. The number of hydrogen-bond acceptors (Lipinski definition) is 5. The Labute approximate surface area is 179 Å². The van der Waals surface area contributed by atoms with Crippen LogP contribution in [0.4, 0.5) is 5.69 Å². The molecule has 0 N–H and O–H groups in total. The highest BCUT2D eigenvalue weighted by Crippen LogP contribution is 2.28. The van der Waals surface area contributed by atoms with Crippen molar-refractivity contribution in [1.29, 1.82) is 0 Å². The lowest BCUT2D eigenvalue weighted by atomic mass is 10.1. The summed E-state index contributed by atoms with van der Waals surface area (Å²) in [5.74, 6) is 0.709. The summed E-state index contributed by atoms with van der Waals surface area (Å²) in [6, 6.07) is 12.9. The maximum Gasteiger partial charge on any atom is 0.336 e.